The van der Waals surface area contributed by atoms with Crippen molar-refractivity contribution in [1.82, 2.24) is 0 Å². The third-order valence-corrected chi connectivity index (χ3v) is 10.7. The maximum absolute atomic E-state index is 12.7. The number of carbonyl (C=O) groups is 2. The SMILES string of the molecule is CC/C=C/C/C=C/C=C/C(O)CCCCCCCC(=O)O[C@H](COC(=O)CCCCCCCCC/C=C\CCCCCCCC)COP(=O)(O)OC[C@@H](O)COP(=O)(O)O. The fraction of sp³-hybridized carbons (Fsp3) is 0.773. The fourth-order valence-corrected chi connectivity index (χ4v) is 7.04. The molecule has 0 radical (unpaired) electrons. The van der Waals surface area contributed by atoms with Crippen LogP contribution in [0.4, 0.5) is 0 Å². The van der Waals surface area contributed by atoms with Gasteiger partial charge in [0, 0.05) is 12.8 Å². The van der Waals surface area contributed by atoms with Gasteiger partial charge in [0.15, 0.2) is 6.10 Å². The zero-order chi connectivity index (χ0) is 44.6. The highest BCUT2D eigenvalue weighted by molar-refractivity contribution is 7.47. The van der Waals surface area contributed by atoms with Crippen LogP contribution in [0.1, 0.15) is 174 Å². The Morgan fingerprint density at radius 3 is 1.70 bits per heavy atom. The molecular formula is C44H80O14P2. The third-order valence-electron chi connectivity index (χ3n) is 9.30. The molecule has 2 unspecified atom stereocenters. The van der Waals surface area contributed by atoms with E-state index in [1.807, 2.05) is 18.2 Å². The van der Waals surface area contributed by atoms with Crippen LogP contribution in [0.5, 0.6) is 0 Å². The van der Waals surface area contributed by atoms with E-state index in [4.69, 9.17) is 23.8 Å². The summed E-state index contributed by atoms with van der Waals surface area (Å²) < 4.78 is 47.7. The van der Waals surface area contributed by atoms with E-state index < -0.39 is 72.3 Å². The van der Waals surface area contributed by atoms with E-state index in [1.54, 1.807) is 6.08 Å². The van der Waals surface area contributed by atoms with Crippen LogP contribution in [0.2, 0.25) is 0 Å². The van der Waals surface area contributed by atoms with E-state index in [9.17, 15) is 33.8 Å². The van der Waals surface area contributed by atoms with Crippen LogP contribution in [0.3, 0.4) is 0 Å². The lowest BCUT2D eigenvalue weighted by Crippen LogP contribution is -2.30. The number of hydrogen-bond donors (Lipinski definition) is 5. The second-order valence-corrected chi connectivity index (χ2v) is 17.8. The Hall–Kier alpha value is -1.96. The van der Waals surface area contributed by atoms with Crippen LogP contribution >= 0.6 is 15.6 Å². The van der Waals surface area contributed by atoms with Crippen LogP contribution in [0.15, 0.2) is 48.6 Å². The fourth-order valence-electron chi connectivity index (χ4n) is 5.88. The van der Waals surface area contributed by atoms with Crippen LogP contribution < -0.4 is 0 Å². The first kappa shape index (κ1) is 58.0. The van der Waals surface area contributed by atoms with E-state index in [0.29, 0.717) is 19.3 Å². The van der Waals surface area contributed by atoms with Gasteiger partial charge in [-0.1, -0.05) is 152 Å². The van der Waals surface area contributed by atoms with Crippen molar-refractivity contribution >= 4 is 27.6 Å². The van der Waals surface area contributed by atoms with E-state index >= 15 is 0 Å². The van der Waals surface area contributed by atoms with Crippen molar-refractivity contribution in [3.63, 3.8) is 0 Å². The van der Waals surface area contributed by atoms with Gasteiger partial charge in [0.2, 0.25) is 0 Å². The predicted octanol–water partition coefficient (Wildman–Crippen LogP) is 10.4. The van der Waals surface area contributed by atoms with Gasteiger partial charge in [-0.25, -0.2) is 9.13 Å². The largest absolute Gasteiger partial charge is 0.472 e. The first-order valence-electron chi connectivity index (χ1n) is 22.4. The average Bonchev–Trinajstić information content (AvgIpc) is 3.20. The van der Waals surface area contributed by atoms with Gasteiger partial charge in [-0.05, 0) is 57.8 Å². The van der Waals surface area contributed by atoms with Crippen LogP contribution in [0.25, 0.3) is 0 Å². The summed E-state index contributed by atoms with van der Waals surface area (Å²) in [4.78, 5) is 52.7. The lowest BCUT2D eigenvalue weighted by Gasteiger charge is -2.20. The maximum atomic E-state index is 12.7. The van der Waals surface area contributed by atoms with Crippen molar-refractivity contribution < 1.29 is 66.7 Å². The number of ether oxygens (including phenoxy) is 2. The van der Waals surface area contributed by atoms with Gasteiger partial charge in [-0.2, -0.15) is 0 Å². The smallest absolute Gasteiger partial charge is 0.462 e. The number of allylic oxidation sites excluding steroid dienone is 7. The zero-order valence-corrected chi connectivity index (χ0v) is 38.5. The summed E-state index contributed by atoms with van der Waals surface area (Å²) in [5.74, 6) is -1.11. The molecular weight excluding hydrogens is 814 g/mol. The van der Waals surface area contributed by atoms with Crippen molar-refractivity contribution in [3.8, 4) is 0 Å². The average molecular weight is 895 g/mol. The molecule has 0 spiro atoms. The first-order chi connectivity index (χ1) is 28.8. The van der Waals surface area contributed by atoms with Gasteiger partial charge >= 0.3 is 27.6 Å². The maximum Gasteiger partial charge on any atom is 0.472 e. The Balaban J connectivity index is 4.58. The number of hydrogen-bond acceptors (Lipinski definition) is 11. The Bertz CT molecular complexity index is 1270. The number of unbranched alkanes of at least 4 members (excludes halogenated alkanes) is 17. The molecule has 0 saturated heterocycles. The molecule has 4 atom stereocenters. The number of rotatable bonds is 42. The summed E-state index contributed by atoms with van der Waals surface area (Å²) in [5.41, 5.74) is 0. The van der Waals surface area contributed by atoms with Gasteiger partial charge in [-0.15, -0.1) is 0 Å². The molecule has 60 heavy (non-hydrogen) atoms. The van der Waals surface area contributed by atoms with E-state index in [2.05, 4.69) is 47.2 Å². The summed E-state index contributed by atoms with van der Waals surface area (Å²) in [6.45, 7) is 1.52. The molecule has 14 nitrogen and oxygen atoms in total. The second-order valence-electron chi connectivity index (χ2n) is 15.1. The molecule has 16 heteroatoms. The second kappa shape index (κ2) is 39.9. The molecule has 0 rings (SSSR count). The summed E-state index contributed by atoms with van der Waals surface area (Å²) in [6, 6.07) is 0. The first-order valence-corrected chi connectivity index (χ1v) is 25.5. The molecule has 0 aromatic carbocycles. The van der Waals surface area contributed by atoms with Crippen molar-refractivity contribution in [2.24, 2.45) is 0 Å². The Morgan fingerprint density at radius 1 is 0.567 bits per heavy atom. The Labute approximate surface area is 361 Å². The molecule has 0 bridgehead atoms. The molecule has 0 saturated carbocycles. The minimum Gasteiger partial charge on any atom is -0.462 e. The highest BCUT2D eigenvalue weighted by atomic mass is 31.2. The summed E-state index contributed by atoms with van der Waals surface area (Å²) in [6.07, 6.45) is 36.9. The number of phosphoric ester groups is 2. The Morgan fingerprint density at radius 2 is 1.10 bits per heavy atom. The minimum atomic E-state index is -4.88. The number of esters is 2. The summed E-state index contributed by atoms with van der Waals surface area (Å²) in [5, 5.41) is 19.9. The molecule has 0 fully saturated rings. The van der Waals surface area contributed by atoms with Crippen LogP contribution in [0, 0.1) is 0 Å². The van der Waals surface area contributed by atoms with Crippen molar-refractivity contribution in [1.29, 1.82) is 0 Å². The molecule has 0 amide bonds. The summed E-state index contributed by atoms with van der Waals surface area (Å²) in [7, 11) is -9.71. The molecule has 0 aliphatic heterocycles. The van der Waals surface area contributed by atoms with Crippen LogP contribution in [-0.4, -0.2) is 81.6 Å². The predicted molar refractivity (Wildman–Crippen MR) is 236 cm³/mol. The van der Waals surface area contributed by atoms with Crippen molar-refractivity contribution in [2.45, 2.75) is 193 Å². The van der Waals surface area contributed by atoms with Gasteiger partial charge in [-0.3, -0.25) is 23.2 Å². The standard InChI is InChI=1S/C44H80O14P2/c1-3-5-7-9-11-12-13-14-15-16-17-18-19-20-22-26-30-34-43(47)54-38-42(39-57-60(52,53)56-37-41(46)36-55-59(49,50)51)58-44(48)35-31-27-23-25-29-33-40(45)32-28-24-21-10-8-6-4-2/h6,8,14-15,21,24,28,32,40-42,45-46H,3-5,7,9-13,16-20,22-23,25-27,29-31,33-39H2,1-2H3,(H,52,53)(H2,49,50,51)/b8-6+,15-14-,24-21+,32-28+/t40?,41-,42+/m0/s1. The monoisotopic (exact) mass is 895 g/mol. The highest BCUT2D eigenvalue weighted by Gasteiger charge is 2.28. The lowest BCUT2D eigenvalue weighted by atomic mass is 10.1. The zero-order valence-electron chi connectivity index (χ0n) is 36.7. The highest BCUT2D eigenvalue weighted by Crippen LogP contribution is 2.43. The van der Waals surface area contributed by atoms with Gasteiger partial charge in [0.1, 0.15) is 12.7 Å². The van der Waals surface area contributed by atoms with E-state index in [-0.39, 0.29) is 12.8 Å². The van der Waals surface area contributed by atoms with Crippen LogP contribution in [-0.2, 0) is 41.8 Å². The summed E-state index contributed by atoms with van der Waals surface area (Å²) >= 11 is 0. The van der Waals surface area contributed by atoms with Gasteiger partial charge in [0.25, 0.3) is 0 Å². The normalized spacial score (nSPS) is 15.0. The number of aliphatic hydroxyl groups excluding tert-OH is 2. The molecule has 0 aliphatic rings. The van der Waals surface area contributed by atoms with Gasteiger partial charge < -0.3 is 34.4 Å². The molecule has 0 aromatic heterocycles. The molecule has 0 aromatic rings. The van der Waals surface area contributed by atoms with Gasteiger partial charge in [0.05, 0.1) is 25.9 Å². The number of phosphoric acid groups is 2. The quantitative estimate of drug-likeness (QED) is 0.0127. The van der Waals surface area contributed by atoms with Crippen molar-refractivity contribution in [2.75, 3.05) is 26.4 Å². The topological polar surface area (TPSA) is 216 Å². The van der Waals surface area contributed by atoms with E-state index in [1.165, 1.54) is 57.8 Å². The third kappa shape index (κ3) is 42.7. The molecule has 5 N–H and O–H groups in total. The molecule has 0 aliphatic carbocycles. The molecule has 350 valence electrons. The number of carbonyl (C=O) groups excluding carboxylic acids is 2. The Kier molecular flexibility index (Phi) is 38.6. The van der Waals surface area contributed by atoms with E-state index in [0.717, 1.165) is 70.6 Å². The lowest BCUT2D eigenvalue weighted by molar-refractivity contribution is -0.161. The number of aliphatic hydroxyl groups is 2. The van der Waals surface area contributed by atoms with Crippen molar-refractivity contribution in [3.05, 3.63) is 48.6 Å². The molecule has 0 heterocycles. The minimum absolute atomic E-state index is 0.0601.